The molecule has 1 aromatic heterocycles. The van der Waals surface area contributed by atoms with Gasteiger partial charge in [0.1, 0.15) is 16.2 Å². The molecule has 1 amide bonds. The summed E-state index contributed by atoms with van der Waals surface area (Å²) in [7, 11) is -2.81. The van der Waals surface area contributed by atoms with Crippen molar-refractivity contribution in [2.45, 2.75) is 37.8 Å². The van der Waals surface area contributed by atoms with Gasteiger partial charge in [0.2, 0.25) is 5.82 Å². The molecule has 9 heteroatoms. The van der Waals surface area contributed by atoms with Crippen LogP contribution in [0.25, 0.3) is 0 Å². The van der Waals surface area contributed by atoms with Gasteiger partial charge >= 0.3 is 0 Å². The fourth-order valence-electron chi connectivity index (χ4n) is 3.22. The highest BCUT2D eigenvalue weighted by Gasteiger charge is 2.31. The Morgan fingerprint density at radius 3 is 2.50 bits per heavy atom. The first-order valence-electron chi connectivity index (χ1n) is 7.64. The maximum absolute atomic E-state index is 11.9. The Hall–Kier alpha value is -1.48. The van der Waals surface area contributed by atoms with Crippen molar-refractivity contribution in [1.82, 2.24) is 25.4 Å². The van der Waals surface area contributed by atoms with Gasteiger partial charge in [0.05, 0.1) is 11.5 Å². The summed E-state index contributed by atoms with van der Waals surface area (Å²) >= 11 is 0. The van der Waals surface area contributed by atoms with Crippen LogP contribution in [-0.2, 0) is 9.84 Å². The van der Waals surface area contributed by atoms with E-state index in [1.807, 2.05) is 0 Å². The van der Waals surface area contributed by atoms with Gasteiger partial charge in [-0.2, -0.15) is 5.10 Å². The van der Waals surface area contributed by atoms with E-state index in [-0.39, 0.29) is 17.8 Å². The summed E-state index contributed by atoms with van der Waals surface area (Å²) in [4.78, 5) is 18.1. The van der Waals surface area contributed by atoms with Crippen molar-refractivity contribution in [3.8, 4) is 0 Å². The van der Waals surface area contributed by atoms with Gasteiger partial charge in [-0.05, 0) is 25.7 Å². The van der Waals surface area contributed by atoms with Crippen molar-refractivity contribution in [3.05, 3.63) is 12.2 Å². The van der Waals surface area contributed by atoms with Crippen LogP contribution in [0.1, 0.15) is 36.3 Å². The fraction of sp³-hybridized carbons (Fsp3) is 0.769. The Morgan fingerprint density at radius 2 is 1.91 bits per heavy atom. The number of H-pyrrole nitrogens is 1. The number of likely N-dealkylation sites (tertiary alicyclic amines) is 1. The van der Waals surface area contributed by atoms with E-state index < -0.39 is 9.84 Å². The number of aromatic nitrogens is 3. The lowest BCUT2D eigenvalue weighted by atomic mass is 10.0. The topological polar surface area (TPSA) is 108 Å². The van der Waals surface area contributed by atoms with Crippen LogP contribution in [0.2, 0.25) is 0 Å². The number of hydrogen-bond donors (Lipinski definition) is 2. The van der Waals surface area contributed by atoms with Crippen molar-refractivity contribution < 1.29 is 13.2 Å². The summed E-state index contributed by atoms with van der Waals surface area (Å²) in [6, 6.07) is 0.510. The van der Waals surface area contributed by atoms with Crippen LogP contribution < -0.4 is 5.32 Å². The van der Waals surface area contributed by atoms with Crippen LogP contribution >= 0.6 is 0 Å². The van der Waals surface area contributed by atoms with E-state index in [9.17, 15) is 13.2 Å². The third kappa shape index (κ3) is 3.64. The number of hydrogen-bond acceptors (Lipinski definition) is 6. The van der Waals surface area contributed by atoms with Crippen LogP contribution in [0.4, 0.5) is 0 Å². The number of nitrogens with one attached hydrogen (secondary N) is 2. The van der Waals surface area contributed by atoms with E-state index in [2.05, 4.69) is 25.4 Å². The smallest absolute Gasteiger partial charge is 0.288 e. The highest BCUT2D eigenvalue weighted by molar-refractivity contribution is 7.91. The van der Waals surface area contributed by atoms with Crippen LogP contribution in [0.3, 0.4) is 0 Å². The molecule has 0 unspecified atom stereocenters. The molecule has 122 valence electrons. The van der Waals surface area contributed by atoms with Crippen molar-refractivity contribution in [3.63, 3.8) is 0 Å². The largest absolute Gasteiger partial charge is 0.347 e. The Kier molecular flexibility index (Phi) is 4.44. The molecule has 1 aromatic rings. The molecule has 0 aromatic carbocycles. The third-order valence-electron chi connectivity index (χ3n) is 4.54. The number of aromatic amines is 1. The predicted octanol–water partition coefficient (Wildman–Crippen LogP) is -0.424. The molecule has 0 aliphatic carbocycles. The van der Waals surface area contributed by atoms with E-state index in [0.29, 0.717) is 17.5 Å². The lowest BCUT2D eigenvalue weighted by Crippen LogP contribution is -2.49. The number of piperidine rings is 1. The standard InChI is InChI=1S/C13H21N5O3S/c19-13(12-14-9-15-17-12)16-10-1-5-18(6-2-10)11-3-7-22(20,21)8-4-11/h9-11H,1-8H2,(H,16,19)(H,14,15,17). The zero-order chi connectivity index (χ0) is 15.6. The first kappa shape index (κ1) is 15.4. The van der Waals surface area contributed by atoms with Crippen LogP contribution in [0.5, 0.6) is 0 Å². The molecule has 0 atom stereocenters. The summed E-state index contributed by atoms with van der Waals surface area (Å²) in [5.41, 5.74) is 0. The molecule has 8 nitrogen and oxygen atoms in total. The molecule has 2 aliphatic heterocycles. The monoisotopic (exact) mass is 327 g/mol. The quantitative estimate of drug-likeness (QED) is 0.780. The lowest BCUT2D eigenvalue weighted by molar-refractivity contribution is 0.0875. The molecule has 0 bridgehead atoms. The van der Waals surface area contributed by atoms with Crippen molar-refractivity contribution >= 4 is 15.7 Å². The maximum atomic E-state index is 11.9. The number of rotatable bonds is 3. The zero-order valence-corrected chi connectivity index (χ0v) is 13.2. The summed E-state index contributed by atoms with van der Waals surface area (Å²) in [6.07, 6.45) is 4.54. The summed E-state index contributed by atoms with van der Waals surface area (Å²) in [5.74, 6) is 0.624. The van der Waals surface area contributed by atoms with Gasteiger partial charge in [0, 0.05) is 25.2 Å². The molecular weight excluding hydrogens is 306 g/mol. The number of amides is 1. The van der Waals surface area contributed by atoms with Gasteiger partial charge in [-0.3, -0.25) is 9.89 Å². The van der Waals surface area contributed by atoms with Gasteiger partial charge in [-0.1, -0.05) is 0 Å². The van der Waals surface area contributed by atoms with Gasteiger partial charge in [0.25, 0.3) is 5.91 Å². The zero-order valence-electron chi connectivity index (χ0n) is 12.4. The average molecular weight is 327 g/mol. The van der Waals surface area contributed by atoms with Gasteiger partial charge in [-0.25, -0.2) is 13.4 Å². The molecule has 3 heterocycles. The minimum absolute atomic E-state index is 0.140. The van der Waals surface area contributed by atoms with Crippen LogP contribution in [-0.4, -0.2) is 71.1 Å². The highest BCUT2D eigenvalue weighted by atomic mass is 32.2. The number of sulfone groups is 1. The minimum atomic E-state index is -2.81. The van der Waals surface area contributed by atoms with Crippen molar-refractivity contribution in [2.75, 3.05) is 24.6 Å². The molecule has 2 fully saturated rings. The van der Waals surface area contributed by atoms with Gasteiger partial charge in [0.15, 0.2) is 0 Å². The SMILES string of the molecule is O=C(NC1CCN(C2CCS(=O)(=O)CC2)CC1)c1ncn[nH]1. The van der Waals surface area contributed by atoms with E-state index in [4.69, 9.17) is 0 Å². The Balaban J connectivity index is 1.46. The highest BCUT2D eigenvalue weighted by Crippen LogP contribution is 2.22. The van der Waals surface area contributed by atoms with E-state index in [1.54, 1.807) is 0 Å². The fourth-order valence-corrected chi connectivity index (χ4v) is 4.69. The van der Waals surface area contributed by atoms with Crippen LogP contribution in [0, 0.1) is 0 Å². The number of carbonyl (C=O) groups excluding carboxylic acids is 1. The van der Waals surface area contributed by atoms with Gasteiger partial charge in [-0.15, -0.1) is 0 Å². The molecule has 2 N–H and O–H groups in total. The van der Waals surface area contributed by atoms with Crippen molar-refractivity contribution in [1.29, 1.82) is 0 Å². The maximum Gasteiger partial charge on any atom is 0.288 e. The van der Waals surface area contributed by atoms with Crippen molar-refractivity contribution in [2.24, 2.45) is 0 Å². The normalized spacial score (nSPS) is 24.2. The second-order valence-corrected chi connectivity index (χ2v) is 8.30. The summed E-state index contributed by atoms with van der Waals surface area (Å²) in [6.45, 7) is 1.79. The first-order valence-corrected chi connectivity index (χ1v) is 9.46. The molecular formula is C13H21N5O3S. The average Bonchev–Trinajstić information content (AvgIpc) is 3.03. The number of carbonyl (C=O) groups is 1. The van der Waals surface area contributed by atoms with Gasteiger partial charge < -0.3 is 10.2 Å². The van der Waals surface area contributed by atoms with E-state index in [1.165, 1.54) is 6.33 Å². The second kappa shape index (κ2) is 6.33. The van der Waals surface area contributed by atoms with Crippen LogP contribution in [0.15, 0.2) is 6.33 Å². The predicted molar refractivity (Wildman–Crippen MR) is 80.1 cm³/mol. The molecule has 2 saturated heterocycles. The third-order valence-corrected chi connectivity index (χ3v) is 6.25. The molecule has 0 radical (unpaired) electrons. The molecule has 0 saturated carbocycles. The Morgan fingerprint density at radius 1 is 1.23 bits per heavy atom. The molecule has 2 aliphatic rings. The molecule has 3 rings (SSSR count). The number of nitrogens with zero attached hydrogens (tertiary/aromatic N) is 3. The Labute approximate surface area is 129 Å². The summed E-state index contributed by atoms with van der Waals surface area (Å²) < 4.78 is 23.0. The second-order valence-electron chi connectivity index (χ2n) is 6.00. The van der Waals surface area contributed by atoms with E-state index >= 15 is 0 Å². The molecule has 22 heavy (non-hydrogen) atoms. The minimum Gasteiger partial charge on any atom is -0.347 e. The first-order chi connectivity index (χ1) is 10.5. The lowest BCUT2D eigenvalue weighted by Gasteiger charge is -2.39. The molecule has 0 spiro atoms. The Bertz CT molecular complexity index is 594. The summed E-state index contributed by atoms with van der Waals surface area (Å²) in [5, 5.41) is 9.18. The van der Waals surface area contributed by atoms with E-state index in [0.717, 1.165) is 38.8 Å².